The van der Waals surface area contributed by atoms with Crippen molar-refractivity contribution in [1.82, 2.24) is 0 Å². The standard InChI is InChI=1S/C27H28ClF3N2O6S2.ClH/c1-17(23-11-7-20(29)14-18(23)4-3-13-40(35,36)16-25(32)27(34)39-2)33(26-15-21(30)8-12-24(26)31)41(37,38)22-9-5-19(28)6-10-22;/h5-12,14-15,17,25H,3-4,13,16,32H2,1-2H3;1H/t17-,25+;/m1./s1. The summed E-state index contributed by atoms with van der Waals surface area (Å²) < 4.78 is 101. The highest BCUT2D eigenvalue weighted by Gasteiger charge is 2.34. The van der Waals surface area contributed by atoms with Gasteiger partial charge in [0.2, 0.25) is 0 Å². The molecule has 0 saturated carbocycles. The predicted octanol–water partition coefficient (Wildman–Crippen LogP) is 4.98. The molecular weight excluding hydrogens is 640 g/mol. The number of carbonyl (C=O) groups is 1. The molecule has 0 bridgehead atoms. The van der Waals surface area contributed by atoms with Crippen molar-refractivity contribution in [2.75, 3.05) is 22.9 Å². The molecule has 3 rings (SSSR count). The third kappa shape index (κ3) is 8.60. The Labute approximate surface area is 254 Å². The molecule has 230 valence electrons. The second-order valence-corrected chi connectivity index (χ2v) is 13.7. The Morgan fingerprint density at radius 2 is 1.57 bits per heavy atom. The molecule has 0 aliphatic carbocycles. The molecule has 0 amide bonds. The van der Waals surface area contributed by atoms with Gasteiger partial charge in [0.05, 0.1) is 35.2 Å². The number of nitrogens with zero attached hydrogens (tertiary/aromatic N) is 1. The molecule has 15 heteroatoms. The van der Waals surface area contributed by atoms with Crippen molar-refractivity contribution in [3.63, 3.8) is 0 Å². The zero-order chi connectivity index (χ0) is 30.5. The Morgan fingerprint density at radius 1 is 0.976 bits per heavy atom. The van der Waals surface area contributed by atoms with Gasteiger partial charge in [-0.25, -0.2) is 30.0 Å². The fraction of sp³-hybridized carbons (Fsp3) is 0.296. The Morgan fingerprint density at radius 3 is 2.19 bits per heavy atom. The topological polar surface area (TPSA) is 124 Å². The number of ether oxygens (including phenoxy) is 1. The van der Waals surface area contributed by atoms with Gasteiger partial charge in [0.15, 0.2) is 9.84 Å². The fourth-order valence-electron chi connectivity index (χ4n) is 4.30. The van der Waals surface area contributed by atoms with E-state index in [1.807, 2.05) is 0 Å². The molecule has 0 aliphatic heterocycles. The van der Waals surface area contributed by atoms with E-state index in [4.69, 9.17) is 17.3 Å². The van der Waals surface area contributed by atoms with Crippen LogP contribution < -0.4 is 10.0 Å². The lowest BCUT2D eigenvalue weighted by atomic mass is 9.97. The lowest BCUT2D eigenvalue weighted by Crippen LogP contribution is -2.39. The van der Waals surface area contributed by atoms with Gasteiger partial charge < -0.3 is 10.5 Å². The van der Waals surface area contributed by atoms with Gasteiger partial charge in [-0.05, 0) is 79.4 Å². The van der Waals surface area contributed by atoms with E-state index in [1.165, 1.54) is 37.3 Å². The summed E-state index contributed by atoms with van der Waals surface area (Å²) in [5.74, 6) is -4.53. The predicted molar refractivity (Wildman–Crippen MR) is 157 cm³/mol. The summed E-state index contributed by atoms with van der Waals surface area (Å²) in [5, 5.41) is 0.254. The number of methoxy groups -OCH3 is 1. The Balaban J connectivity index is 0.00000616. The van der Waals surface area contributed by atoms with Gasteiger partial charge in [-0.15, -0.1) is 12.4 Å². The number of benzene rings is 3. The molecule has 0 saturated heterocycles. The first-order valence-corrected chi connectivity index (χ1v) is 15.9. The van der Waals surface area contributed by atoms with Crippen molar-refractivity contribution in [3.8, 4) is 0 Å². The van der Waals surface area contributed by atoms with Crippen molar-refractivity contribution >= 4 is 55.5 Å². The molecule has 0 aliphatic rings. The normalized spacial score (nSPS) is 13.1. The zero-order valence-corrected chi connectivity index (χ0v) is 25.7. The zero-order valence-electron chi connectivity index (χ0n) is 22.5. The fourth-order valence-corrected chi connectivity index (χ4v) is 7.50. The van der Waals surface area contributed by atoms with E-state index in [2.05, 4.69) is 4.74 Å². The van der Waals surface area contributed by atoms with Crippen molar-refractivity contribution in [1.29, 1.82) is 0 Å². The molecule has 2 N–H and O–H groups in total. The second-order valence-electron chi connectivity index (χ2n) is 9.22. The van der Waals surface area contributed by atoms with Gasteiger partial charge in [-0.3, -0.25) is 9.10 Å². The summed E-state index contributed by atoms with van der Waals surface area (Å²) in [6.45, 7) is 1.42. The van der Waals surface area contributed by atoms with E-state index in [9.17, 15) is 30.4 Å². The van der Waals surface area contributed by atoms with E-state index >= 15 is 4.39 Å². The van der Waals surface area contributed by atoms with E-state index in [-0.39, 0.29) is 46.3 Å². The molecule has 3 aromatic carbocycles. The van der Waals surface area contributed by atoms with Gasteiger partial charge >= 0.3 is 5.97 Å². The minimum Gasteiger partial charge on any atom is -0.468 e. The number of hydrogen-bond donors (Lipinski definition) is 1. The number of aryl methyl sites for hydroxylation is 1. The van der Waals surface area contributed by atoms with Crippen LogP contribution in [-0.2, 0) is 35.8 Å². The molecule has 2 atom stereocenters. The largest absolute Gasteiger partial charge is 0.468 e. The highest BCUT2D eigenvalue weighted by atomic mass is 35.5. The summed E-state index contributed by atoms with van der Waals surface area (Å²) in [6, 6.07) is 8.37. The average molecular weight is 670 g/mol. The van der Waals surface area contributed by atoms with E-state index in [1.54, 1.807) is 0 Å². The maximum Gasteiger partial charge on any atom is 0.323 e. The van der Waals surface area contributed by atoms with Crippen molar-refractivity contribution < 1.29 is 39.5 Å². The van der Waals surface area contributed by atoms with E-state index < -0.39 is 72.6 Å². The monoisotopic (exact) mass is 668 g/mol. The Kier molecular flexibility index (Phi) is 12.3. The van der Waals surface area contributed by atoms with Crippen LogP contribution in [0.15, 0.2) is 65.6 Å². The van der Waals surface area contributed by atoms with Crippen molar-refractivity contribution in [2.45, 2.75) is 36.7 Å². The summed E-state index contributed by atoms with van der Waals surface area (Å²) in [7, 11) is -7.26. The Hall–Kier alpha value is -2.84. The summed E-state index contributed by atoms with van der Waals surface area (Å²) in [6.07, 6.45) is -0.0533. The molecule has 3 aromatic rings. The number of sulfonamides is 1. The van der Waals surface area contributed by atoms with E-state index in [0.717, 1.165) is 37.4 Å². The van der Waals surface area contributed by atoms with Gasteiger partial charge in [0.1, 0.15) is 23.5 Å². The lowest BCUT2D eigenvalue weighted by Gasteiger charge is -2.32. The third-order valence-corrected chi connectivity index (χ3v) is 10.2. The van der Waals surface area contributed by atoms with Crippen LogP contribution in [0.2, 0.25) is 5.02 Å². The van der Waals surface area contributed by atoms with Crippen LogP contribution in [0, 0.1) is 17.5 Å². The molecule has 0 spiro atoms. The van der Waals surface area contributed by atoms with Crippen LogP contribution in [-0.4, -0.2) is 47.5 Å². The second kappa shape index (κ2) is 14.6. The molecular formula is C27H29Cl2F3N2O6S2. The molecule has 0 unspecified atom stereocenters. The van der Waals surface area contributed by atoms with Crippen LogP contribution in [0.4, 0.5) is 18.9 Å². The highest BCUT2D eigenvalue weighted by Crippen LogP contribution is 2.37. The molecule has 0 aromatic heterocycles. The van der Waals surface area contributed by atoms with Crippen LogP contribution in [0.25, 0.3) is 0 Å². The molecule has 0 heterocycles. The van der Waals surface area contributed by atoms with E-state index in [0.29, 0.717) is 4.31 Å². The third-order valence-electron chi connectivity index (χ3n) is 6.26. The lowest BCUT2D eigenvalue weighted by molar-refractivity contribution is -0.141. The van der Waals surface area contributed by atoms with Crippen LogP contribution in [0.3, 0.4) is 0 Å². The van der Waals surface area contributed by atoms with Gasteiger partial charge in [-0.1, -0.05) is 17.7 Å². The first kappa shape index (κ1) is 35.4. The molecule has 42 heavy (non-hydrogen) atoms. The summed E-state index contributed by atoms with van der Waals surface area (Å²) in [5.41, 5.74) is 5.46. The molecule has 8 nitrogen and oxygen atoms in total. The summed E-state index contributed by atoms with van der Waals surface area (Å²) >= 11 is 5.90. The van der Waals surface area contributed by atoms with Gasteiger partial charge in [0, 0.05) is 11.1 Å². The molecule has 0 fully saturated rings. The number of esters is 1. The van der Waals surface area contributed by atoms with Gasteiger partial charge in [0.25, 0.3) is 10.0 Å². The smallest absolute Gasteiger partial charge is 0.323 e. The van der Waals surface area contributed by atoms with Crippen molar-refractivity contribution in [3.05, 3.63) is 94.3 Å². The average Bonchev–Trinajstić information content (AvgIpc) is 2.90. The number of carbonyl (C=O) groups excluding carboxylic acids is 1. The number of halogens is 5. The number of anilines is 1. The number of hydrogen-bond acceptors (Lipinski definition) is 7. The highest BCUT2D eigenvalue weighted by molar-refractivity contribution is 7.93. The van der Waals surface area contributed by atoms with Crippen LogP contribution in [0.1, 0.15) is 30.5 Å². The maximum absolute atomic E-state index is 15.0. The SMILES string of the molecule is COC(=O)[C@@H](N)CS(=O)(=O)CCCc1cc(F)ccc1[C@@H](C)N(c1cc(F)ccc1F)S(=O)(=O)c1ccc(Cl)cc1.Cl. The first-order chi connectivity index (χ1) is 19.2. The minimum atomic E-state index is -4.53. The Bertz CT molecular complexity index is 1630. The number of nitrogens with two attached hydrogens (primary N) is 1. The number of sulfone groups is 1. The van der Waals surface area contributed by atoms with Crippen LogP contribution in [0.5, 0.6) is 0 Å². The van der Waals surface area contributed by atoms with Crippen LogP contribution >= 0.6 is 24.0 Å². The maximum atomic E-state index is 15.0. The minimum absolute atomic E-state index is 0. The van der Waals surface area contributed by atoms with Gasteiger partial charge in [-0.2, -0.15) is 0 Å². The quantitative estimate of drug-likeness (QED) is 0.270. The van der Waals surface area contributed by atoms with Crippen molar-refractivity contribution in [2.24, 2.45) is 5.73 Å². The molecule has 0 radical (unpaired) electrons. The summed E-state index contributed by atoms with van der Waals surface area (Å²) in [4.78, 5) is 11.2. The number of rotatable bonds is 12. The first-order valence-electron chi connectivity index (χ1n) is 12.2.